The second-order valence-corrected chi connectivity index (χ2v) is 4.34. The summed E-state index contributed by atoms with van der Waals surface area (Å²) in [5, 5.41) is 0. The molecule has 4 heteroatoms. The number of likely N-dealkylation sites (N-methyl/N-ethyl adjacent to an activating group) is 1. The molecule has 0 rings (SSSR count). The summed E-state index contributed by atoms with van der Waals surface area (Å²) in [5.41, 5.74) is 4.66. The van der Waals surface area contributed by atoms with Gasteiger partial charge in [0.1, 0.15) is 0 Å². The van der Waals surface area contributed by atoms with Crippen LogP contribution >= 0.6 is 12.2 Å². The minimum Gasteiger partial charge on any atom is -0.415 e. The van der Waals surface area contributed by atoms with E-state index in [2.05, 4.69) is 57.8 Å². The summed E-state index contributed by atoms with van der Waals surface area (Å²) in [7, 11) is 4.31. The van der Waals surface area contributed by atoms with Crippen LogP contribution in [-0.2, 0) is 12.6 Å². The van der Waals surface area contributed by atoms with Gasteiger partial charge >= 0.3 is 0 Å². The lowest BCUT2D eigenvalue weighted by molar-refractivity contribution is -0.878. The standard InChI is InChI=1S/C8H16N.CH3NS2/c1-5-7-9(3,4)8-6-2;2-1(3)4/h5-6H,1-2,7-8H2,3-4H3;(H3,2,3,4)/q+1;/p-1. The third kappa shape index (κ3) is 18.5. The fraction of sp³-hybridized carbons (Fsp3) is 0.444. The van der Waals surface area contributed by atoms with Crippen LogP contribution < -0.4 is 5.73 Å². The van der Waals surface area contributed by atoms with Gasteiger partial charge in [-0.2, -0.15) is 0 Å². The van der Waals surface area contributed by atoms with Gasteiger partial charge in [-0.1, -0.05) is 17.5 Å². The molecule has 0 saturated carbocycles. The third-order valence-corrected chi connectivity index (χ3v) is 1.25. The number of thiocarbonyl (C=S) groups is 1. The van der Waals surface area contributed by atoms with Gasteiger partial charge in [-0.3, -0.25) is 0 Å². The molecular weight excluding hydrogens is 200 g/mol. The molecule has 0 aliphatic carbocycles. The Kier molecular flexibility index (Phi) is 9.44. The minimum atomic E-state index is 0.0833. The maximum absolute atomic E-state index is 4.66. The van der Waals surface area contributed by atoms with Gasteiger partial charge in [0.15, 0.2) is 0 Å². The van der Waals surface area contributed by atoms with Crippen LogP contribution in [0.5, 0.6) is 0 Å². The summed E-state index contributed by atoms with van der Waals surface area (Å²) in [5.74, 6) is 0. The van der Waals surface area contributed by atoms with Crippen molar-refractivity contribution in [2.24, 2.45) is 5.73 Å². The molecule has 0 atom stereocenters. The Balaban J connectivity index is 0. The van der Waals surface area contributed by atoms with Crippen molar-refractivity contribution in [2.75, 3.05) is 27.2 Å². The fourth-order valence-corrected chi connectivity index (χ4v) is 0.774. The molecule has 0 aromatic carbocycles. The van der Waals surface area contributed by atoms with E-state index in [4.69, 9.17) is 0 Å². The van der Waals surface area contributed by atoms with Gasteiger partial charge in [0.2, 0.25) is 0 Å². The zero-order valence-electron chi connectivity index (χ0n) is 8.32. The maximum Gasteiger partial charge on any atom is 0.0969 e. The van der Waals surface area contributed by atoms with Gasteiger partial charge in [-0.15, -0.1) is 0 Å². The molecule has 0 aromatic rings. The molecule has 2 N–H and O–H groups in total. The van der Waals surface area contributed by atoms with Crippen LogP contribution in [0.25, 0.3) is 0 Å². The molecule has 0 heterocycles. The van der Waals surface area contributed by atoms with Gasteiger partial charge in [-0.05, 0) is 12.2 Å². The Morgan fingerprint density at radius 3 is 1.77 bits per heavy atom. The average molecular weight is 218 g/mol. The van der Waals surface area contributed by atoms with Gasteiger partial charge in [0.25, 0.3) is 0 Å². The van der Waals surface area contributed by atoms with Gasteiger partial charge in [0.05, 0.1) is 27.2 Å². The number of rotatable bonds is 4. The number of nitrogens with zero attached hydrogens (tertiary/aromatic N) is 1. The van der Waals surface area contributed by atoms with Crippen molar-refractivity contribution in [1.29, 1.82) is 0 Å². The summed E-state index contributed by atoms with van der Waals surface area (Å²) >= 11 is 8.26. The van der Waals surface area contributed by atoms with Crippen LogP contribution in [0.3, 0.4) is 0 Å². The fourth-order valence-electron chi connectivity index (χ4n) is 0.774. The average Bonchev–Trinajstić information content (AvgIpc) is 1.84. The highest BCUT2D eigenvalue weighted by Crippen LogP contribution is 1.95. The Labute approximate surface area is 92.1 Å². The lowest BCUT2D eigenvalue weighted by atomic mass is 10.4. The summed E-state index contributed by atoms with van der Waals surface area (Å²) in [4.78, 5) is 0. The third-order valence-electron chi connectivity index (χ3n) is 1.25. The second kappa shape index (κ2) is 8.16. The first-order valence-corrected chi connectivity index (χ1v) is 4.67. The first-order chi connectivity index (χ1) is 5.85. The SMILES string of the molecule is C=CC[N+](C)(C)CC=C.NC(=S)[S-]. The number of quaternary nitrogens is 1. The monoisotopic (exact) mass is 218 g/mol. The highest BCUT2D eigenvalue weighted by Gasteiger charge is 2.07. The lowest BCUT2D eigenvalue weighted by Crippen LogP contribution is -2.39. The van der Waals surface area contributed by atoms with E-state index in [1.54, 1.807) is 0 Å². The summed E-state index contributed by atoms with van der Waals surface area (Å²) < 4.78 is 1.03. The molecule has 0 aliphatic rings. The normalized spacial score (nSPS) is 9.38. The first kappa shape index (κ1) is 15.0. The molecule has 0 amide bonds. The molecule has 76 valence electrons. The summed E-state index contributed by atoms with van der Waals surface area (Å²) in [6.07, 6.45) is 3.87. The predicted molar refractivity (Wildman–Crippen MR) is 66.4 cm³/mol. The zero-order valence-corrected chi connectivity index (χ0v) is 9.96. The molecule has 0 saturated heterocycles. The van der Waals surface area contributed by atoms with E-state index < -0.39 is 0 Å². The van der Waals surface area contributed by atoms with E-state index in [-0.39, 0.29) is 4.32 Å². The number of nitrogens with two attached hydrogens (primary N) is 1. The van der Waals surface area contributed by atoms with E-state index in [1.165, 1.54) is 0 Å². The Hall–Kier alpha value is -0.450. The van der Waals surface area contributed by atoms with Crippen LogP contribution in [0.15, 0.2) is 25.3 Å². The van der Waals surface area contributed by atoms with E-state index in [0.29, 0.717) is 0 Å². The summed E-state index contributed by atoms with van der Waals surface area (Å²) in [6, 6.07) is 0. The summed E-state index contributed by atoms with van der Waals surface area (Å²) in [6.45, 7) is 9.37. The van der Waals surface area contributed by atoms with Gasteiger partial charge < -0.3 is 35.1 Å². The first-order valence-electron chi connectivity index (χ1n) is 3.86. The lowest BCUT2D eigenvalue weighted by Gasteiger charge is -2.26. The second-order valence-electron chi connectivity index (χ2n) is 3.20. The molecule has 0 aromatic heterocycles. The van der Waals surface area contributed by atoms with Crippen molar-refractivity contribution in [2.45, 2.75) is 0 Å². The molecule has 0 bridgehead atoms. The largest absolute Gasteiger partial charge is 0.415 e. The smallest absolute Gasteiger partial charge is 0.0969 e. The highest BCUT2D eigenvalue weighted by molar-refractivity contribution is 8.00. The Bertz CT molecular complexity index is 160. The molecular formula is C9H18N2S2. The van der Waals surface area contributed by atoms with Crippen molar-refractivity contribution < 1.29 is 4.48 Å². The van der Waals surface area contributed by atoms with Crippen LogP contribution in [0.4, 0.5) is 0 Å². The predicted octanol–water partition coefficient (Wildman–Crippen LogP) is 1.21. The van der Waals surface area contributed by atoms with Crippen LogP contribution in [0.1, 0.15) is 0 Å². The molecule has 13 heavy (non-hydrogen) atoms. The van der Waals surface area contributed by atoms with Crippen molar-refractivity contribution in [3.63, 3.8) is 0 Å². The highest BCUT2D eigenvalue weighted by atomic mass is 32.1. The van der Waals surface area contributed by atoms with Gasteiger partial charge in [-0.25, -0.2) is 0 Å². The molecule has 0 spiro atoms. The van der Waals surface area contributed by atoms with E-state index in [1.807, 2.05) is 12.2 Å². The van der Waals surface area contributed by atoms with E-state index >= 15 is 0 Å². The van der Waals surface area contributed by atoms with Crippen LogP contribution in [0.2, 0.25) is 0 Å². The molecule has 0 aliphatic heterocycles. The van der Waals surface area contributed by atoms with Crippen molar-refractivity contribution in [3.8, 4) is 0 Å². The quantitative estimate of drug-likeness (QED) is 0.332. The number of hydrogen-bond acceptors (Lipinski definition) is 2. The minimum absolute atomic E-state index is 0.0833. The van der Waals surface area contributed by atoms with Crippen molar-refractivity contribution in [1.82, 2.24) is 0 Å². The van der Waals surface area contributed by atoms with E-state index in [0.717, 1.165) is 17.6 Å². The molecule has 0 unspecified atom stereocenters. The molecule has 0 radical (unpaired) electrons. The van der Waals surface area contributed by atoms with Gasteiger partial charge in [0, 0.05) is 0 Å². The Morgan fingerprint density at radius 1 is 1.38 bits per heavy atom. The van der Waals surface area contributed by atoms with E-state index in [9.17, 15) is 0 Å². The topological polar surface area (TPSA) is 26.0 Å². The van der Waals surface area contributed by atoms with Crippen molar-refractivity contribution >= 4 is 29.2 Å². The molecule has 0 fully saturated rings. The maximum atomic E-state index is 4.66. The molecule has 2 nitrogen and oxygen atoms in total. The number of hydrogen-bond donors (Lipinski definition) is 1. The van der Waals surface area contributed by atoms with Crippen LogP contribution in [0, 0.1) is 0 Å². The Morgan fingerprint density at radius 2 is 1.62 bits per heavy atom. The van der Waals surface area contributed by atoms with Crippen molar-refractivity contribution in [3.05, 3.63) is 25.3 Å². The zero-order chi connectivity index (χ0) is 10.9. The van der Waals surface area contributed by atoms with Crippen LogP contribution in [-0.4, -0.2) is 36.0 Å².